The van der Waals surface area contributed by atoms with Crippen LogP contribution in [0.1, 0.15) is 22.5 Å². The van der Waals surface area contributed by atoms with E-state index in [0.29, 0.717) is 0 Å². The van der Waals surface area contributed by atoms with E-state index in [1.54, 1.807) is 0 Å². The Bertz CT molecular complexity index is 570. The first-order valence-electron chi connectivity index (χ1n) is 5.44. The summed E-state index contributed by atoms with van der Waals surface area (Å²) in [4.78, 5) is 0. The summed E-state index contributed by atoms with van der Waals surface area (Å²) >= 11 is 0. The topological polar surface area (TPSA) is 50.4 Å². The monoisotopic (exact) mass is 229 g/mol. The summed E-state index contributed by atoms with van der Waals surface area (Å²) < 4.78 is 1.86. The molecule has 88 valence electrons. The van der Waals surface area contributed by atoms with Crippen LogP contribution in [0, 0.1) is 20.8 Å². The second-order valence-corrected chi connectivity index (χ2v) is 4.08. The van der Waals surface area contributed by atoms with Crippen molar-refractivity contribution in [3.8, 4) is 5.69 Å². The van der Waals surface area contributed by atoms with E-state index in [9.17, 15) is 0 Å². The maximum absolute atomic E-state index is 8.62. The number of nitrogens with zero attached hydrogens (tertiary/aromatic N) is 3. The molecule has 0 saturated heterocycles. The summed E-state index contributed by atoms with van der Waals surface area (Å²) in [5, 5.41) is 16.2. The fraction of sp³-hybridized carbons (Fsp3) is 0.231. The minimum Gasteiger partial charge on any atom is -0.411 e. The minimum atomic E-state index is 0.849. The van der Waals surface area contributed by atoms with Gasteiger partial charge in [0, 0.05) is 5.56 Å². The molecule has 0 fully saturated rings. The molecule has 0 spiro atoms. The lowest BCUT2D eigenvalue weighted by molar-refractivity contribution is 0.322. The van der Waals surface area contributed by atoms with E-state index in [0.717, 1.165) is 22.6 Å². The lowest BCUT2D eigenvalue weighted by atomic mass is 10.2. The van der Waals surface area contributed by atoms with E-state index in [2.05, 4.69) is 16.3 Å². The van der Waals surface area contributed by atoms with Gasteiger partial charge in [-0.1, -0.05) is 17.3 Å². The molecule has 0 bridgehead atoms. The van der Waals surface area contributed by atoms with E-state index >= 15 is 0 Å². The Morgan fingerprint density at radius 3 is 2.71 bits per heavy atom. The van der Waals surface area contributed by atoms with Crippen molar-refractivity contribution < 1.29 is 5.21 Å². The van der Waals surface area contributed by atoms with Crippen LogP contribution in [0.5, 0.6) is 0 Å². The Balaban J connectivity index is 2.57. The quantitative estimate of drug-likeness (QED) is 0.489. The summed E-state index contributed by atoms with van der Waals surface area (Å²) in [6.07, 6.45) is 1.42. The molecule has 1 N–H and O–H groups in total. The zero-order valence-electron chi connectivity index (χ0n) is 10.2. The molecule has 4 heteroatoms. The Morgan fingerprint density at radius 2 is 2.06 bits per heavy atom. The number of aromatic nitrogens is 2. The van der Waals surface area contributed by atoms with Crippen molar-refractivity contribution in [3.63, 3.8) is 0 Å². The second kappa shape index (κ2) is 4.41. The van der Waals surface area contributed by atoms with Gasteiger partial charge in [-0.2, -0.15) is 5.10 Å². The first kappa shape index (κ1) is 11.4. The van der Waals surface area contributed by atoms with Crippen LogP contribution in [0.4, 0.5) is 0 Å². The normalized spacial score (nSPS) is 11.2. The van der Waals surface area contributed by atoms with Gasteiger partial charge in [-0.05, 0) is 38.5 Å². The molecule has 0 amide bonds. The lowest BCUT2D eigenvalue weighted by Crippen LogP contribution is -1.99. The molecular formula is C13H15N3O. The van der Waals surface area contributed by atoms with Gasteiger partial charge in [0.1, 0.15) is 0 Å². The maximum Gasteiger partial charge on any atom is 0.0771 e. The first-order chi connectivity index (χ1) is 8.13. The number of benzene rings is 1. The van der Waals surface area contributed by atoms with Crippen LogP contribution in [0.15, 0.2) is 29.4 Å². The van der Waals surface area contributed by atoms with Gasteiger partial charge in [0.05, 0.1) is 23.3 Å². The molecular weight excluding hydrogens is 214 g/mol. The van der Waals surface area contributed by atoms with E-state index in [1.165, 1.54) is 11.8 Å². The smallest absolute Gasteiger partial charge is 0.0771 e. The Kier molecular flexibility index (Phi) is 2.95. The van der Waals surface area contributed by atoms with Crippen molar-refractivity contribution in [3.05, 3.63) is 46.8 Å². The van der Waals surface area contributed by atoms with Crippen molar-refractivity contribution in [2.75, 3.05) is 0 Å². The van der Waals surface area contributed by atoms with Gasteiger partial charge < -0.3 is 5.21 Å². The third-order valence-electron chi connectivity index (χ3n) is 2.78. The van der Waals surface area contributed by atoms with E-state index in [4.69, 9.17) is 5.21 Å². The van der Waals surface area contributed by atoms with Crippen LogP contribution in [0.25, 0.3) is 5.69 Å². The number of hydrogen-bond donors (Lipinski definition) is 1. The van der Waals surface area contributed by atoms with Gasteiger partial charge in [-0.15, -0.1) is 0 Å². The third kappa shape index (κ3) is 2.06. The van der Waals surface area contributed by atoms with Gasteiger partial charge in [0.15, 0.2) is 0 Å². The van der Waals surface area contributed by atoms with Gasteiger partial charge in [0.2, 0.25) is 0 Å². The molecule has 17 heavy (non-hydrogen) atoms. The molecule has 0 aliphatic carbocycles. The molecule has 0 aliphatic rings. The Labute approximate surface area is 100 Å². The predicted octanol–water partition coefficient (Wildman–Crippen LogP) is 2.61. The summed E-state index contributed by atoms with van der Waals surface area (Å²) in [6.45, 7) is 5.90. The summed E-state index contributed by atoms with van der Waals surface area (Å²) in [6, 6.07) is 8.12. The Hall–Kier alpha value is -2.10. The number of oxime groups is 1. The van der Waals surface area contributed by atoms with E-state index in [1.807, 2.05) is 43.7 Å². The highest BCUT2D eigenvalue weighted by Crippen LogP contribution is 2.17. The molecule has 0 saturated carbocycles. The average Bonchev–Trinajstić information content (AvgIpc) is 2.57. The summed E-state index contributed by atoms with van der Waals surface area (Å²) in [5.41, 5.74) is 4.87. The van der Waals surface area contributed by atoms with Crippen LogP contribution in [-0.4, -0.2) is 21.2 Å². The molecule has 1 aromatic carbocycles. The van der Waals surface area contributed by atoms with Crippen LogP contribution in [0.2, 0.25) is 0 Å². The second-order valence-electron chi connectivity index (χ2n) is 4.08. The van der Waals surface area contributed by atoms with Crippen molar-refractivity contribution in [2.45, 2.75) is 20.8 Å². The molecule has 0 radical (unpaired) electrons. The SMILES string of the molecule is Cc1cccc(-n2nc(C)c(C=NO)c2C)c1. The minimum absolute atomic E-state index is 0.849. The highest BCUT2D eigenvalue weighted by Gasteiger charge is 2.11. The zero-order valence-corrected chi connectivity index (χ0v) is 10.2. The van der Waals surface area contributed by atoms with Crippen molar-refractivity contribution >= 4 is 6.21 Å². The van der Waals surface area contributed by atoms with Crippen LogP contribution in [0.3, 0.4) is 0 Å². The van der Waals surface area contributed by atoms with Gasteiger partial charge >= 0.3 is 0 Å². The number of hydrogen-bond acceptors (Lipinski definition) is 3. The molecule has 1 heterocycles. The van der Waals surface area contributed by atoms with E-state index < -0.39 is 0 Å². The fourth-order valence-electron chi connectivity index (χ4n) is 1.91. The molecule has 2 rings (SSSR count). The summed E-state index contributed by atoms with van der Waals surface area (Å²) in [5.74, 6) is 0. The third-order valence-corrected chi connectivity index (χ3v) is 2.78. The van der Waals surface area contributed by atoms with E-state index in [-0.39, 0.29) is 0 Å². The molecule has 0 aliphatic heterocycles. The van der Waals surface area contributed by atoms with Crippen molar-refractivity contribution in [1.82, 2.24) is 9.78 Å². The molecule has 0 unspecified atom stereocenters. The van der Waals surface area contributed by atoms with Crippen molar-refractivity contribution in [1.29, 1.82) is 0 Å². The Morgan fingerprint density at radius 1 is 1.29 bits per heavy atom. The molecule has 0 atom stereocenters. The average molecular weight is 229 g/mol. The maximum atomic E-state index is 8.62. The molecule has 4 nitrogen and oxygen atoms in total. The predicted molar refractivity (Wildman–Crippen MR) is 67.2 cm³/mol. The van der Waals surface area contributed by atoms with Gasteiger partial charge in [-0.25, -0.2) is 4.68 Å². The first-order valence-corrected chi connectivity index (χ1v) is 5.44. The molecule has 2 aromatic rings. The van der Waals surface area contributed by atoms with Gasteiger partial charge in [-0.3, -0.25) is 0 Å². The van der Waals surface area contributed by atoms with Crippen LogP contribution in [-0.2, 0) is 0 Å². The summed E-state index contributed by atoms with van der Waals surface area (Å²) in [7, 11) is 0. The largest absolute Gasteiger partial charge is 0.411 e. The highest BCUT2D eigenvalue weighted by atomic mass is 16.4. The highest BCUT2D eigenvalue weighted by molar-refractivity contribution is 5.82. The lowest BCUT2D eigenvalue weighted by Gasteiger charge is -2.05. The number of rotatable bonds is 2. The zero-order chi connectivity index (χ0) is 12.4. The van der Waals surface area contributed by atoms with Gasteiger partial charge in [0.25, 0.3) is 0 Å². The fourth-order valence-corrected chi connectivity index (χ4v) is 1.91. The van der Waals surface area contributed by atoms with Crippen LogP contribution >= 0.6 is 0 Å². The van der Waals surface area contributed by atoms with Crippen LogP contribution < -0.4 is 0 Å². The van der Waals surface area contributed by atoms with Crippen molar-refractivity contribution in [2.24, 2.45) is 5.16 Å². The standard InChI is InChI=1S/C13H15N3O/c1-9-5-4-6-12(7-9)16-11(3)13(8-14-17)10(2)15-16/h4-8,17H,1-3H3. The molecule has 1 aromatic heterocycles. The number of aryl methyl sites for hydroxylation is 2.